The van der Waals surface area contributed by atoms with Gasteiger partial charge >= 0.3 is 0 Å². The van der Waals surface area contributed by atoms with Crippen LogP contribution in [0.2, 0.25) is 4.34 Å². The number of fused-ring (bicyclic) bond motifs is 2. The topological polar surface area (TPSA) is 59.6 Å². The van der Waals surface area contributed by atoms with E-state index in [1.807, 2.05) is 54.6 Å². The molecule has 7 heteroatoms. The lowest BCUT2D eigenvalue weighted by molar-refractivity contribution is -0.122. The van der Waals surface area contributed by atoms with E-state index in [-0.39, 0.29) is 23.7 Å². The molecule has 0 saturated heterocycles. The van der Waals surface area contributed by atoms with Crippen molar-refractivity contribution in [1.29, 1.82) is 0 Å². The summed E-state index contributed by atoms with van der Waals surface area (Å²) < 4.78 is 11.6. The molecule has 0 bridgehead atoms. The van der Waals surface area contributed by atoms with Gasteiger partial charge in [-0.15, -0.1) is 11.3 Å². The Labute approximate surface area is 196 Å². The summed E-state index contributed by atoms with van der Waals surface area (Å²) >= 11 is 7.75. The Kier molecular flexibility index (Phi) is 5.57. The van der Waals surface area contributed by atoms with Crippen LogP contribution in [0, 0.1) is 5.92 Å². The highest BCUT2D eigenvalue weighted by Gasteiger charge is 2.40. The fourth-order valence-electron chi connectivity index (χ4n) is 4.53. The minimum Gasteiger partial charge on any atom is -0.493 e. The van der Waals surface area contributed by atoms with Crippen molar-refractivity contribution in [3.8, 4) is 11.5 Å². The molecule has 2 heterocycles. The number of hydrogen-bond donors (Lipinski definition) is 2. The Morgan fingerprint density at radius 3 is 2.50 bits per heavy atom. The number of methoxy groups -OCH3 is 2. The molecule has 2 N–H and O–H groups in total. The van der Waals surface area contributed by atoms with Gasteiger partial charge in [0.25, 0.3) is 0 Å². The quantitative estimate of drug-likeness (QED) is 0.475. The summed E-state index contributed by atoms with van der Waals surface area (Å²) in [5.41, 5.74) is 3.85. The van der Waals surface area contributed by atoms with Gasteiger partial charge < -0.3 is 20.1 Å². The number of hydrogen-bond acceptors (Lipinski definition) is 6. The van der Waals surface area contributed by atoms with Crippen molar-refractivity contribution in [1.82, 2.24) is 0 Å². The van der Waals surface area contributed by atoms with Crippen molar-refractivity contribution in [2.45, 2.75) is 18.4 Å². The highest BCUT2D eigenvalue weighted by molar-refractivity contribution is 7.16. The van der Waals surface area contributed by atoms with E-state index in [0.29, 0.717) is 22.3 Å². The number of allylic oxidation sites excluding steroid dienone is 1. The lowest BCUT2D eigenvalue weighted by Crippen LogP contribution is -2.33. The number of carbonyl (C=O) groups excluding carboxylic acids is 1. The van der Waals surface area contributed by atoms with Crippen LogP contribution in [-0.4, -0.2) is 20.0 Å². The van der Waals surface area contributed by atoms with Crippen LogP contribution < -0.4 is 20.1 Å². The van der Waals surface area contributed by atoms with E-state index < -0.39 is 0 Å². The summed E-state index contributed by atoms with van der Waals surface area (Å²) in [5.74, 6) is 1.13. The number of benzene rings is 2. The van der Waals surface area contributed by atoms with Gasteiger partial charge in [0, 0.05) is 22.9 Å². The molecule has 2 aliphatic rings. The number of ether oxygens (including phenoxy) is 2. The second-order valence-electron chi connectivity index (χ2n) is 7.93. The minimum atomic E-state index is -0.325. The van der Waals surface area contributed by atoms with Gasteiger partial charge in [-0.2, -0.15) is 0 Å². The molecular weight excluding hydrogens is 444 g/mol. The highest BCUT2D eigenvalue weighted by Crippen LogP contribution is 2.46. The molecule has 1 aliphatic heterocycles. The number of halogens is 1. The molecule has 5 rings (SSSR count). The molecule has 1 aromatic heterocycles. The number of nitrogens with one attached hydrogen (secondary N) is 2. The van der Waals surface area contributed by atoms with Crippen LogP contribution in [0.1, 0.15) is 28.8 Å². The zero-order valence-electron chi connectivity index (χ0n) is 17.7. The van der Waals surface area contributed by atoms with Crippen LogP contribution in [0.25, 0.3) is 0 Å². The first-order valence-corrected chi connectivity index (χ1v) is 11.6. The van der Waals surface area contributed by atoms with Crippen molar-refractivity contribution in [2.24, 2.45) is 5.92 Å². The monoisotopic (exact) mass is 466 g/mol. The number of Topliss-reactive ketones (excluding diaryl/α,β-unsaturated/α-hetero) is 1. The molecule has 164 valence electrons. The van der Waals surface area contributed by atoms with E-state index in [4.69, 9.17) is 21.1 Å². The number of ketones is 1. The third-order valence-corrected chi connectivity index (χ3v) is 7.38. The lowest BCUT2D eigenvalue weighted by Gasteiger charge is -2.32. The first kappa shape index (κ1) is 20.9. The van der Waals surface area contributed by atoms with Crippen molar-refractivity contribution in [3.63, 3.8) is 0 Å². The summed E-state index contributed by atoms with van der Waals surface area (Å²) in [4.78, 5) is 14.6. The number of para-hydroxylation sites is 2. The molecular formula is C25H23ClN2O3S. The summed E-state index contributed by atoms with van der Waals surface area (Å²) in [7, 11) is 3.24. The fourth-order valence-corrected chi connectivity index (χ4v) is 5.68. The Balaban J connectivity index is 1.59. The predicted molar refractivity (Wildman–Crippen MR) is 129 cm³/mol. The average molecular weight is 467 g/mol. The number of anilines is 2. The van der Waals surface area contributed by atoms with Crippen LogP contribution in [0.3, 0.4) is 0 Å². The van der Waals surface area contributed by atoms with Crippen LogP contribution in [-0.2, 0) is 4.79 Å². The maximum atomic E-state index is 13.6. The summed E-state index contributed by atoms with van der Waals surface area (Å²) in [6.07, 6.45) is 2.60. The van der Waals surface area contributed by atoms with Gasteiger partial charge in [-0.1, -0.05) is 35.9 Å². The van der Waals surface area contributed by atoms with Crippen molar-refractivity contribution < 1.29 is 14.3 Å². The minimum absolute atomic E-state index is 0.0566. The second-order valence-corrected chi connectivity index (χ2v) is 9.67. The van der Waals surface area contributed by atoms with E-state index in [2.05, 4.69) is 16.7 Å². The van der Waals surface area contributed by atoms with Crippen LogP contribution >= 0.6 is 22.9 Å². The molecule has 3 unspecified atom stereocenters. The smallest absolute Gasteiger partial charge is 0.161 e. The zero-order valence-corrected chi connectivity index (χ0v) is 19.3. The largest absolute Gasteiger partial charge is 0.493 e. The van der Waals surface area contributed by atoms with E-state index in [1.165, 1.54) is 11.3 Å². The Morgan fingerprint density at radius 1 is 1.00 bits per heavy atom. The molecule has 5 nitrogen and oxygen atoms in total. The summed E-state index contributed by atoms with van der Waals surface area (Å²) in [6.45, 7) is 0. The fraction of sp³-hybridized carbons (Fsp3) is 0.240. The number of rotatable bonds is 4. The Bertz CT molecular complexity index is 1210. The van der Waals surface area contributed by atoms with Crippen LogP contribution in [0.4, 0.5) is 11.4 Å². The SMILES string of the molecule is COc1ccc(C2C=C3Nc4ccccc4NC(c4ccc(Cl)s4)C3C(=O)C2)cc1OC. The predicted octanol–water partition coefficient (Wildman–Crippen LogP) is 6.25. The molecule has 0 amide bonds. The van der Waals surface area contributed by atoms with Crippen molar-refractivity contribution >= 4 is 40.1 Å². The molecule has 2 aromatic carbocycles. The standard InChI is InChI=1S/C25H23ClN2O3S/c1-30-20-8-7-14(13-21(20)31-2)15-11-18-24(19(29)12-15)25(22-9-10-23(26)32-22)28-17-6-4-3-5-16(17)27-18/h3-11,13,15,24-25,27-28H,12H2,1-2H3. The summed E-state index contributed by atoms with van der Waals surface area (Å²) in [5, 5.41) is 7.14. The zero-order chi connectivity index (χ0) is 22.2. The van der Waals surface area contributed by atoms with Gasteiger partial charge in [0.05, 0.1) is 41.9 Å². The van der Waals surface area contributed by atoms with E-state index in [1.54, 1.807) is 14.2 Å². The molecule has 32 heavy (non-hydrogen) atoms. The third kappa shape index (κ3) is 3.74. The second kappa shape index (κ2) is 8.52. The van der Waals surface area contributed by atoms with E-state index in [0.717, 1.165) is 27.5 Å². The van der Waals surface area contributed by atoms with E-state index in [9.17, 15) is 4.79 Å². The van der Waals surface area contributed by atoms with Gasteiger partial charge in [0.15, 0.2) is 11.5 Å². The molecule has 1 aliphatic carbocycles. The van der Waals surface area contributed by atoms with Crippen molar-refractivity contribution in [2.75, 3.05) is 24.9 Å². The first-order valence-electron chi connectivity index (χ1n) is 10.4. The molecule has 3 aromatic rings. The van der Waals surface area contributed by atoms with Crippen LogP contribution in [0.5, 0.6) is 11.5 Å². The molecule has 3 atom stereocenters. The molecule has 0 spiro atoms. The Hall–Kier alpha value is -2.96. The molecule has 0 saturated carbocycles. The van der Waals surface area contributed by atoms with Gasteiger partial charge in [0.2, 0.25) is 0 Å². The number of thiophene rings is 1. The molecule has 0 radical (unpaired) electrons. The highest BCUT2D eigenvalue weighted by atomic mass is 35.5. The normalized spacial score (nSPS) is 21.9. The summed E-state index contributed by atoms with van der Waals surface area (Å²) in [6, 6.07) is 17.6. The van der Waals surface area contributed by atoms with Gasteiger partial charge in [-0.3, -0.25) is 4.79 Å². The van der Waals surface area contributed by atoms with E-state index >= 15 is 0 Å². The number of carbonyl (C=O) groups is 1. The maximum absolute atomic E-state index is 13.6. The lowest BCUT2D eigenvalue weighted by atomic mass is 9.77. The first-order chi connectivity index (χ1) is 15.6. The van der Waals surface area contributed by atoms with Crippen LogP contribution in [0.15, 0.2) is 66.4 Å². The van der Waals surface area contributed by atoms with Gasteiger partial charge in [-0.05, 0) is 42.0 Å². The average Bonchev–Trinajstić information content (AvgIpc) is 3.16. The molecule has 0 fully saturated rings. The third-order valence-electron chi connectivity index (χ3n) is 6.07. The van der Waals surface area contributed by atoms with Crippen molar-refractivity contribution in [3.05, 3.63) is 81.1 Å². The van der Waals surface area contributed by atoms with Gasteiger partial charge in [-0.25, -0.2) is 0 Å². The maximum Gasteiger partial charge on any atom is 0.161 e. The Morgan fingerprint density at radius 2 is 1.78 bits per heavy atom. The van der Waals surface area contributed by atoms with Gasteiger partial charge in [0.1, 0.15) is 5.78 Å².